The molecular weight excluding hydrogens is 494 g/mol. The van der Waals surface area contributed by atoms with Gasteiger partial charge in [-0.1, -0.05) is 69.2 Å². The zero-order valence-electron chi connectivity index (χ0n) is 25.1. The van der Waals surface area contributed by atoms with E-state index < -0.39 is 0 Å². The number of hydrogen-bond donors (Lipinski definition) is 1. The average molecular weight is 546 g/mol. The van der Waals surface area contributed by atoms with Gasteiger partial charge in [0.25, 0.3) is 0 Å². The lowest BCUT2D eigenvalue weighted by Crippen LogP contribution is -2.50. The van der Waals surface area contributed by atoms with Crippen LogP contribution >= 0.6 is 0 Å². The standard InChI is InChI=1S/C36H51NO3/c1-23(12-17-33(39)37-32-11-7-10-28(32)34(40-37)24-8-5-4-6-9-24)29-15-16-30-27-14-13-25-22-26(38)18-20-35(25,2)31(27)19-21-36(29,30)3/h4-6,8-9,13,23,26-32,34,38H,7,10-12,14-22H2,1-3H3/t23?,26-,27-,28+,29+,30-,31-,32-,34-,35-,36+/m0/s1. The van der Waals surface area contributed by atoms with E-state index in [0.29, 0.717) is 35.0 Å². The first-order valence-corrected chi connectivity index (χ1v) is 16.7. The first-order valence-electron chi connectivity index (χ1n) is 16.7. The summed E-state index contributed by atoms with van der Waals surface area (Å²) >= 11 is 0. The highest BCUT2D eigenvalue weighted by Crippen LogP contribution is 2.67. The molecule has 0 bridgehead atoms. The Morgan fingerprint density at radius 2 is 1.85 bits per heavy atom. The second kappa shape index (κ2) is 10.3. The number of aliphatic hydroxyl groups excluding tert-OH is 1. The summed E-state index contributed by atoms with van der Waals surface area (Å²) in [6.45, 7) is 7.59. The minimum absolute atomic E-state index is 0.0269. The van der Waals surface area contributed by atoms with Gasteiger partial charge in [0.2, 0.25) is 5.91 Å². The van der Waals surface area contributed by atoms with Crippen LogP contribution in [-0.4, -0.2) is 28.2 Å². The number of hydroxylamine groups is 2. The molecule has 0 spiro atoms. The molecule has 4 saturated carbocycles. The summed E-state index contributed by atoms with van der Waals surface area (Å²) in [4.78, 5) is 20.0. The predicted molar refractivity (Wildman–Crippen MR) is 158 cm³/mol. The van der Waals surface area contributed by atoms with E-state index in [1.165, 1.54) is 44.1 Å². The zero-order chi connectivity index (χ0) is 27.6. The molecule has 7 rings (SSSR count). The molecule has 0 aromatic heterocycles. The maximum atomic E-state index is 13.6. The third-order valence-electron chi connectivity index (χ3n) is 13.5. The van der Waals surface area contributed by atoms with Crippen LogP contribution < -0.4 is 0 Å². The second-order valence-electron chi connectivity index (χ2n) is 15.2. The van der Waals surface area contributed by atoms with E-state index >= 15 is 0 Å². The molecule has 1 heterocycles. The van der Waals surface area contributed by atoms with Gasteiger partial charge >= 0.3 is 0 Å². The van der Waals surface area contributed by atoms with Gasteiger partial charge in [0.15, 0.2) is 0 Å². The molecule has 4 nitrogen and oxygen atoms in total. The third-order valence-corrected chi connectivity index (χ3v) is 13.5. The van der Waals surface area contributed by atoms with E-state index in [9.17, 15) is 9.90 Å². The van der Waals surface area contributed by atoms with Crippen LogP contribution in [0.25, 0.3) is 0 Å². The van der Waals surface area contributed by atoms with Crippen molar-refractivity contribution in [3.05, 3.63) is 47.5 Å². The van der Waals surface area contributed by atoms with E-state index in [4.69, 9.17) is 4.84 Å². The fraction of sp³-hybridized carbons (Fsp3) is 0.750. The molecule has 5 aliphatic carbocycles. The zero-order valence-corrected chi connectivity index (χ0v) is 25.1. The van der Waals surface area contributed by atoms with Gasteiger partial charge in [0.1, 0.15) is 6.10 Å². The van der Waals surface area contributed by atoms with Gasteiger partial charge in [-0.25, -0.2) is 5.06 Å². The largest absolute Gasteiger partial charge is 0.393 e. The Kier molecular flexibility index (Phi) is 6.98. The fourth-order valence-electron chi connectivity index (χ4n) is 11.4. The molecule has 1 N–H and O–H groups in total. The van der Waals surface area contributed by atoms with Crippen molar-refractivity contribution < 1.29 is 14.7 Å². The summed E-state index contributed by atoms with van der Waals surface area (Å²) < 4.78 is 0. The molecule has 40 heavy (non-hydrogen) atoms. The average Bonchev–Trinajstić information content (AvgIpc) is 3.66. The van der Waals surface area contributed by atoms with Gasteiger partial charge in [-0.05, 0) is 117 Å². The predicted octanol–water partition coefficient (Wildman–Crippen LogP) is 8.03. The van der Waals surface area contributed by atoms with Crippen molar-refractivity contribution in [3.8, 4) is 0 Å². The minimum Gasteiger partial charge on any atom is -0.393 e. The Hall–Kier alpha value is -1.65. The number of fused-ring (bicyclic) bond motifs is 6. The lowest BCUT2D eigenvalue weighted by molar-refractivity contribution is -0.190. The summed E-state index contributed by atoms with van der Waals surface area (Å²) in [7, 11) is 0. The van der Waals surface area contributed by atoms with E-state index in [1.807, 2.05) is 5.06 Å². The Labute approximate surface area is 241 Å². The Bertz CT molecular complexity index is 1130. The molecule has 6 aliphatic rings. The number of benzene rings is 1. The SMILES string of the molecule is CC(CCC(=O)N1O[C@@H](c2ccccc2)[C@@H]2CCC[C@@H]21)[C@H]1CC[C@H]2[C@@H]3CC=C4C[C@@H](O)CC[C@]4(C)[C@H]3CC[C@]12C. The Balaban J connectivity index is 1.00. The van der Waals surface area contributed by atoms with Crippen LogP contribution in [0.2, 0.25) is 0 Å². The highest BCUT2D eigenvalue weighted by molar-refractivity contribution is 5.75. The van der Waals surface area contributed by atoms with Crippen LogP contribution in [-0.2, 0) is 9.63 Å². The molecule has 1 aromatic carbocycles. The first kappa shape index (κ1) is 27.2. The molecule has 1 aliphatic heterocycles. The molecule has 218 valence electrons. The highest BCUT2D eigenvalue weighted by atomic mass is 16.7. The van der Waals surface area contributed by atoms with Crippen LogP contribution in [0.3, 0.4) is 0 Å². The van der Waals surface area contributed by atoms with Crippen LogP contribution in [0, 0.1) is 46.3 Å². The van der Waals surface area contributed by atoms with Crippen LogP contribution in [0.1, 0.15) is 116 Å². The monoisotopic (exact) mass is 545 g/mol. The fourth-order valence-corrected chi connectivity index (χ4v) is 11.4. The number of aliphatic hydroxyl groups is 1. The molecule has 0 radical (unpaired) electrons. The summed E-state index contributed by atoms with van der Waals surface area (Å²) in [6, 6.07) is 10.8. The van der Waals surface area contributed by atoms with Gasteiger partial charge in [-0.15, -0.1) is 0 Å². The van der Waals surface area contributed by atoms with Gasteiger partial charge in [0.05, 0.1) is 12.1 Å². The van der Waals surface area contributed by atoms with Crippen LogP contribution in [0.15, 0.2) is 42.0 Å². The smallest absolute Gasteiger partial charge is 0.246 e. The number of amides is 1. The van der Waals surface area contributed by atoms with Crippen molar-refractivity contribution in [1.82, 2.24) is 5.06 Å². The molecule has 4 heteroatoms. The molecule has 1 aromatic rings. The maximum Gasteiger partial charge on any atom is 0.246 e. The normalized spacial score (nSPS) is 44.8. The van der Waals surface area contributed by atoms with Crippen LogP contribution in [0.4, 0.5) is 0 Å². The first-order chi connectivity index (χ1) is 19.3. The van der Waals surface area contributed by atoms with Crippen molar-refractivity contribution >= 4 is 5.91 Å². The van der Waals surface area contributed by atoms with Crippen molar-refractivity contribution in [2.75, 3.05) is 0 Å². The molecular formula is C36H51NO3. The Morgan fingerprint density at radius 1 is 1.02 bits per heavy atom. The molecule has 1 unspecified atom stereocenters. The van der Waals surface area contributed by atoms with E-state index in [1.54, 1.807) is 5.57 Å². The summed E-state index contributed by atoms with van der Waals surface area (Å²) in [5.74, 6) is 4.33. The van der Waals surface area contributed by atoms with Crippen molar-refractivity contribution in [2.24, 2.45) is 46.3 Å². The molecule has 5 fully saturated rings. The Morgan fingerprint density at radius 3 is 2.67 bits per heavy atom. The lowest BCUT2D eigenvalue weighted by atomic mass is 9.47. The third kappa shape index (κ3) is 4.25. The number of carbonyl (C=O) groups is 1. The second-order valence-corrected chi connectivity index (χ2v) is 15.2. The number of rotatable bonds is 5. The topological polar surface area (TPSA) is 49.8 Å². The molecule has 1 saturated heterocycles. The quantitative estimate of drug-likeness (QED) is 0.381. The minimum atomic E-state index is -0.126. The van der Waals surface area contributed by atoms with E-state index in [0.717, 1.165) is 56.3 Å². The number of carbonyl (C=O) groups excluding carboxylic acids is 1. The van der Waals surface area contributed by atoms with E-state index in [-0.39, 0.29) is 24.2 Å². The van der Waals surface area contributed by atoms with Crippen molar-refractivity contribution in [1.29, 1.82) is 0 Å². The molecule has 1 amide bonds. The number of nitrogens with zero attached hydrogens (tertiary/aromatic N) is 1. The number of hydrogen-bond acceptors (Lipinski definition) is 3. The maximum absolute atomic E-state index is 13.6. The highest BCUT2D eigenvalue weighted by Gasteiger charge is 2.59. The molecule has 11 atom stereocenters. The summed E-state index contributed by atoms with van der Waals surface area (Å²) in [6.07, 6.45) is 17.1. The van der Waals surface area contributed by atoms with Gasteiger partial charge < -0.3 is 5.11 Å². The van der Waals surface area contributed by atoms with Gasteiger partial charge in [-0.2, -0.15) is 0 Å². The number of allylic oxidation sites excluding steroid dienone is 1. The summed E-state index contributed by atoms with van der Waals surface area (Å²) in [5, 5.41) is 12.2. The van der Waals surface area contributed by atoms with Gasteiger partial charge in [-0.3, -0.25) is 9.63 Å². The lowest BCUT2D eigenvalue weighted by Gasteiger charge is -2.58. The van der Waals surface area contributed by atoms with Crippen LogP contribution in [0.5, 0.6) is 0 Å². The van der Waals surface area contributed by atoms with E-state index in [2.05, 4.69) is 57.2 Å². The van der Waals surface area contributed by atoms with Crippen molar-refractivity contribution in [3.63, 3.8) is 0 Å². The van der Waals surface area contributed by atoms with Gasteiger partial charge in [0, 0.05) is 12.3 Å². The summed E-state index contributed by atoms with van der Waals surface area (Å²) in [5.41, 5.74) is 3.50. The van der Waals surface area contributed by atoms with Crippen molar-refractivity contribution in [2.45, 2.75) is 122 Å².